The Balaban J connectivity index is 1.79. The second kappa shape index (κ2) is 4.49. The lowest BCUT2D eigenvalue weighted by Crippen LogP contribution is -2.13. The summed E-state index contributed by atoms with van der Waals surface area (Å²) in [6, 6.07) is 13.5. The van der Waals surface area contributed by atoms with Gasteiger partial charge >= 0.3 is 0 Å². The highest BCUT2D eigenvalue weighted by molar-refractivity contribution is 6.32. The van der Waals surface area contributed by atoms with E-state index >= 15 is 0 Å². The molecule has 1 aliphatic heterocycles. The molecule has 102 valence electrons. The number of nitrogens with one attached hydrogen (secondary N) is 2. The molecule has 1 aromatic carbocycles. The normalized spacial score (nSPS) is 16.5. The summed E-state index contributed by atoms with van der Waals surface area (Å²) in [7, 11) is 0. The minimum atomic E-state index is -0.236. The maximum absolute atomic E-state index is 11.9. The van der Waals surface area contributed by atoms with E-state index in [1.54, 1.807) is 24.5 Å². The first kappa shape index (κ1) is 11.7. The van der Waals surface area contributed by atoms with Crippen LogP contribution in [0.5, 0.6) is 0 Å². The summed E-state index contributed by atoms with van der Waals surface area (Å²) in [6.07, 6.45) is 3.34. The van der Waals surface area contributed by atoms with Crippen LogP contribution in [0.3, 0.4) is 0 Å². The van der Waals surface area contributed by atoms with E-state index in [-0.39, 0.29) is 5.91 Å². The van der Waals surface area contributed by atoms with Crippen LogP contribution in [0.15, 0.2) is 63.8 Å². The summed E-state index contributed by atoms with van der Waals surface area (Å²) in [5, 5.41) is 5.13. The van der Waals surface area contributed by atoms with Crippen LogP contribution >= 0.6 is 0 Å². The van der Waals surface area contributed by atoms with Gasteiger partial charge in [0.2, 0.25) is 0 Å². The molecule has 3 aromatic rings. The van der Waals surface area contributed by atoms with Gasteiger partial charge in [-0.2, -0.15) is 5.10 Å². The van der Waals surface area contributed by atoms with Gasteiger partial charge < -0.3 is 9.40 Å². The molecule has 1 aliphatic rings. The monoisotopic (exact) mass is 277 g/mol. The molecule has 5 nitrogen and oxygen atoms in total. The maximum Gasteiger partial charge on any atom is 0.273 e. The molecule has 0 spiro atoms. The van der Waals surface area contributed by atoms with Gasteiger partial charge in [0.05, 0.1) is 11.8 Å². The summed E-state index contributed by atoms with van der Waals surface area (Å²) in [5.74, 6) is 0.329. The molecule has 1 amide bonds. The van der Waals surface area contributed by atoms with E-state index in [1.165, 1.54) is 0 Å². The Morgan fingerprint density at radius 2 is 2.05 bits per heavy atom. The molecule has 0 unspecified atom stereocenters. The van der Waals surface area contributed by atoms with Crippen LogP contribution in [0.1, 0.15) is 11.5 Å². The summed E-state index contributed by atoms with van der Waals surface area (Å²) in [6.45, 7) is 0. The smallest absolute Gasteiger partial charge is 0.273 e. The summed E-state index contributed by atoms with van der Waals surface area (Å²) in [5.41, 5.74) is 5.35. The first-order valence-electron chi connectivity index (χ1n) is 6.53. The number of carbonyl (C=O) groups is 1. The Morgan fingerprint density at radius 3 is 2.86 bits per heavy atom. The molecule has 0 saturated carbocycles. The predicted molar refractivity (Wildman–Crippen MR) is 79.7 cm³/mol. The van der Waals surface area contributed by atoms with Crippen LogP contribution in [0, 0.1) is 0 Å². The van der Waals surface area contributed by atoms with E-state index in [1.807, 2.05) is 30.3 Å². The average Bonchev–Trinajstić information content (AvgIpc) is 3.19. The Bertz CT molecular complexity index is 852. The molecule has 0 bridgehead atoms. The van der Waals surface area contributed by atoms with Gasteiger partial charge in [-0.15, -0.1) is 0 Å². The number of hydrogen-bond acceptors (Lipinski definition) is 3. The summed E-state index contributed by atoms with van der Waals surface area (Å²) >= 11 is 0. The van der Waals surface area contributed by atoms with Gasteiger partial charge in [-0.1, -0.05) is 18.2 Å². The number of fused-ring (bicyclic) bond motifs is 1. The number of benzene rings is 1. The molecule has 2 N–H and O–H groups in total. The zero-order chi connectivity index (χ0) is 14.2. The molecule has 0 radical (unpaired) electrons. The number of aromatic nitrogens is 1. The Morgan fingerprint density at radius 1 is 1.14 bits per heavy atom. The number of hydrazone groups is 1. The molecule has 5 heteroatoms. The molecule has 3 heterocycles. The lowest BCUT2D eigenvalue weighted by molar-refractivity contribution is -0.116. The zero-order valence-electron chi connectivity index (χ0n) is 11.0. The number of para-hydroxylation sites is 1. The number of aromatic amines is 1. The van der Waals surface area contributed by atoms with Gasteiger partial charge in [0.1, 0.15) is 5.71 Å². The molecule has 0 atom stereocenters. The lowest BCUT2D eigenvalue weighted by atomic mass is 10.1. The van der Waals surface area contributed by atoms with Crippen molar-refractivity contribution in [3.05, 3.63) is 65.8 Å². The van der Waals surface area contributed by atoms with Crippen LogP contribution in [-0.2, 0) is 4.79 Å². The largest absolute Gasteiger partial charge is 0.463 e. The van der Waals surface area contributed by atoms with Crippen molar-refractivity contribution in [1.82, 2.24) is 10.4 Å². The van der Waals surface area contributed by atoms with Crippen molar-refractivity contribution in [3.8, 4) is 0 Å². The molecular weight excluding hydrogens is 266 g/mol. The summed E-state index contributed by atoms with van der Waals surface area (Å²) in [4.78, 5) is 15.2. The zero-order valence-corrected chi connectivity index (χ0v) is 11.0. The number of rotatable bonds is 2. The second-order valence-corrected chi connectivity index (χ2v) is 4.75. The third-order valence-corrected chi connectivity index (χ3v) is 3.37. The van der Waals surface area contributed by atoms with Crippen molar-refractivity contribution in [3.63, 3.8) is 0 Å². The summed E-state index contributed by atoms with van der Waals surface area (Å²) < 4.78 is 5.32. The first-order chi connectivity index (χ1) is 10.3. The standard InChI is InChI=1S/C16H11N3O2/c20-16-12(15(18-19-16)14-6-3-7-21-14)9-11-8-10-4-1-2-5-13(10)17-11/h1-9,17H,(H,19,20)/b12-9+. The fourth-order valence-electron chi connectivity index (χ4n) is 2.40. The number of nitrogens with zero attached hydrogens (tertiary/aromatic N) is 1. The molecule has 0 saturated heterocycles. The van der Waals surface area contributed by atoms with Crippen molar-refractivity contribution >= 4 is 28.6 Å². The van der Waals surface area contributed by atoms with Crippen LogP contribution in [-0.4, -0.2) is 16.6 Å². The van der Waals surface area contributed by atoms with E-state index in [0.29, 0.717) is 17.0 Å². The average molecular weight is 277 g/mol. The molecule has 2 aromatic heterocycles. The van der Waals surface area contributed by atoms with E-state index in [2.05, 4.69) is 15.5 Å². The highest BCUT2D eigenvalue weighted by Crippen LogP contribution is 2.20. The van der Waals surface area contributed by atoms with Gasteiger partial charge in [-0.25, -0.2) is 5.43 Å². The van der Waals surface area contributed by atoms with Gasteiger partial charge in [-0.3, -0.25) is 4.79 Å². The van der Waals surface area contributed by atoms with E-state index in [0.717, 1.165) is 16.6 Å². The number of H-pyrrole nitrogens is 1. The van der Waals surface area contributed by atoms with Crippen molar-refractivity contribution in [2.45, 2.75) is 0 Å². The van der Waals surface area contributed by atoms with Gasteiger partial charge in [0, 0.05) is 11.2 Å². The van der Waals surface area contributed by atoms with E-state index in [4.69, 9.17) is 4.42 Å². The fourth-order valence-corrected chi connectivity index (χ4v) is 2.40. The molecular formula is C16H11N3O2. The second-order valence-electron chi connectivity index (χ2n) is 4.75. The Kier molecular flexibility index (Phi) is 2.50. The van der Waals surface area contributed by atoms with Crippen molar-refractivity contribution in [1.29, 1.82) is 0 Å². The van der Waals surface area contributed by atoms with Crippen LogP contribution in [0.2, 0.25) is 0 Å². The van der Waals surface area contributed by atoms with Gasteiger partial charge in [-0.05, 0) is 35.7 Å². The third-order valence-electron chi connectivity index (χ3n) is 3.37. The molecule has 21 heavy (non-hydrogen) atoms. The third kappa shape index (κ3) is 1.95. The highest BCUT2D eigenvalue weighted by Gasteiger charge is 2.25. The van der Waals surface area contributed by atoms with Gasteiger partial charge in [0.25, 0.3) is 5.91 Å². The number of hydrogen-bond donors (Lipinski definition) is 2. The van der Waals surface area contributed by atoms with Crippen LogP contribution in [0.4, 0.5) is 0 Å². The minimum absolute atomic E-state index is 0.236. The van der Waals surface area contributed by atoms with E-state index < -0.39 is 0 Å². The molecule has 4 rings (SSSR count). The van der Waals surface area contributed by atoms with Gasteiger partial charge in [0.15, 0.2) is 5.76 Å². The van der Waals surface area contributed by atoms with E-state index in [9.17, 15) is 4.79 Å². The topological polar surface area (TPSA) is 70.4 Å². The van der Waals surface area contributed by atoms with Crippen molar-refractivity contribution in [2.75, 3.05) is 0 Å². The van der Waals surface area contributed by atoms with Crippen molar-refractivity contribution < 1.29 is 9.21 Å². The number of carbonyl (C=O) groups excluding carboxylic acids is 1. The SMILES string of the molecule is O=C1NN=C(c2ccco2)/C1=C\c1cc2ccccc2[nH]1. The highest BCUT2D eigenvalue weighted by atomic mass is 16.3. The number of furan rings is 1. The molecule has 0 fully saturated rings. The predicted octanol–water partition coefficient (Wildman–Crippen LogP) is 2.68. The Labute approximate surface area is 120 Å². The lowest BCUT2D eigenvalue weighted by Gasteiger charge is -1.96. The van der Waals surface area contributed by atoms with Crippen molar-refractivity contribution in [2.24, 2.45) is 5.10 Å². The maximum atomic E-state index is 11.9. The van der Waals surface area contributed by atoms with Crippen LogP contribution < -0.4 is 5.43 Å². The van der Waals surface area contributed by atoms with Crippen LogP contribution in [0.25, 0.3) is 17.0 Å². The first-order valence-corrected chi connectivity index (χ1v) is 6.53. The fraction of sp³-hybridized carbons (Fsp3) is 0. The minimum Gasteiger partial charge on any atom is -0.463 e. The quantitative estimate of drug-likeness (QED) is 0.707. The number of amides is 1. The molecule has 0 aliphatic carbocycles. The Hall–Kier alpha value is -3.08.